The molecule has 0 unspecified atom stereocenters. The molecule has 1 N–H and O–H groups in total. The number of amides is 1. The predicted octanol–water partition coefficient (Wildman–Crippen LogP) is 2.56. The maximum absolute atomic E-state index is 12.8. The minimum atomic E-state index is -4.49. The lowest BCUT2D eigenvalue weighted by atomic mass is 9.96. The number of imidazole rings is 1. The number of carbonyl (C=O) groups is 1. The number of aromatic nitrogens is 3. The molecule has 1 amide bonds. The van der Waals surface area contributed by atoms with Crippen LogP contribution < -0.4 is 0 Å². The monoisotopic (exact) mass is 354 g/mol. The van der Waals surface area contributed by atoms with Crippen LogP contribution in [-0.2, 0) is 13.2 Å². The van der Waals surface area contributed by atoms with E-state index in [1.165, 1.54) is 30.1 Å². The van der Waals surface area contributed by atoms with Gasteiger partial charge in [-0.3, -0.25) is 9.78 Å². The summed E-state index contributed by atoms with van der Waals surface area (Å²) in [4.78, 5) is 21.6. The molecule has 134 valence electrons. The van der Waals surface area contributed by atoms with Gasteiger partial charge in [-0.05, 0) is 18.9 Å². The van der Waals surface area contributed by atoms with E-state index in [0.717, 1.165) is 6.20 Å². The Morgan fingerprint density at radius 1 is 1.36 bits per heavy atom. The highest BCUT2D eigenvalue weighted by molar-refractivity contribution is 5.94. The molecule has 0 saturated carbocycles. The molecule has 1 aliphatic heterocycles. The Labute approximate surface area is 141 Å². The highest BCUT2D eigenvalue weighted by Crippen LogP contribution is 2.32. The van der Waals surface area contributed by atoms with E-state index in [9.17, 15) is 23.1 Å². The molecular weight excluding hydrogens is 337 g/mol. The molecule has 0 radical (unpaired) electrons. The fourth-order valence-corrected chi connectivity index (χ4v) is 3.10. The van der Waals surface area contributed by atoms with Crippen LogP contribution in [0.25, 0.3) is 0 Å². The fraction of sp³-hybridized carbons (Fsp3) is 0.438. The molecule has 0 aromatic carbocycles. The van der Waals surface area contributed by atoms with Crippen molar-refractivity contribution in [1.29, 1.82) is 0 Å². The van der Waals surface area contributed by atoms with Gasteiger partial charge in [-0.15, -0.1) is 0 Å². The number of alkyl halides is 3. The van der Waals surface area contributed by atoms with E-state index in [-0.39, 0.29) is 29.7 Å². The van der Waals surface area contributed by atoms with E-state index < -0.39 is 11.9 Å². The van der Waals surface area contributed by atoms with E-state index in [1.807, 2.05) is 0 Å². The first-order chi connectivity index (χ1) is 11.8. The second-order valence-electron chi connectivity index (χ2n) is 6.12. The van der Waals surface area contributed by atoms with Crippen molar-refractivity contribution in [3.63, 3.8) is 0 Å². The summed E-state index contributed by atoms with van der Waals surface area (Å²) in [7, 11) is 1.53. The van der Waals surface area contributed by atoms with Gasteiger partial charge in [0.1, 0.15) is 11.6 Å². The van der Waals surface area contributed by atoms with Crippen LogP contribution in [0.15, 0.2) is 24.7 Å². The number of hydrogen-bond acceptors (Lipinski definition) is 4. The SMILES string of the molecule is Cn1cc(C(F)(F)F)nc1[C@@H]1CCCN(C(=O)c2cncc(O)c2)C1. The second kappa shape index (κ2) is 6.38. The summed E-state index contributed by atoms with van der Waals surface area (Å²) in [6.45, 7) is 0.776. The molecule has 1 atom stereocenters. The number of pyridine rings is 1. The van der Waals surface area contributed by atoms with E-state index in [2.05, 4.69) is 9.97 Å². The maximum atomic E-state index is 12.8. The zero-order valence-electron chi connectivity index (χ0n) is 13.5. The van der Waals surface area contributed by atoms with Gasteiger partial charge in [-0.25, -0.2) is 4.98 Å². The standard InChI is InChI=1S/C16H17F3N4O2/c1-22-9-13(16(17,18)19)21-14(22)10-3-2-4-23(8-10)15(25)11-5-12(24)7-20-6-11/h5-7,9-10,24H,2-4,8H2,1H3/t10-/m1/s1. The quantitative estimate of drug-likeness (QED) is 0.900. The Hall–Kier alpha value is -2.58. The summed E-state index contributed by atoms with van der Waals surface area (Å²) >= 11 is 0. The largest absolute Gasteiger partial charge is 0.506 e. The third-order valence-corrected chi connectivity index (χ3v) is 4.25. The van der Waals surface area contributed by atoms with Crippen LogP contribution in [0.3, 0.4) is 0 Å². The van der Waals surface area contributed by atoms with Crippen molar-refractivity contribution in [1.82, 2.24) is 19.4 Å². The van der Waals surface area contributed by atoms with Gasteiger partial charge >= 0.3 is 6.18 Å². The van der Waals surface area contributed by atoms with Crippen LogP contribution in [0.2, 0.25) is 0 Å². The summed E-state index contributed by atoms with van der Waals surface area (Å²) in [5.41, 5.74) is -0.679. The van der Waals surface area contributed by atoms with Crippen molar-refractivity contribution >= 4 is 5.91 Å². The number of likely N-dealkylation sites (tertiary alicyclic amines) is 1. The number of halogens is 3. The van der Waals surface area contributed by atoms with Gasteiger partial charge in [-0.2, -0.15) is 13.2 Å². The van der Waals surface area contributed by atoms with E-state index in [1.54, 1.807) is 4.90 Å². The normalized spacial score (nSPS) is 18.4. The average Bonchev–Trinajstić information content (AvgIpc) is 2.96. The van der Waals surface area contributed by atoms with Crippen LogP contribution in [0.1, 0.15) is 40.6 Å². The highest BCUT2D eigenvalue weighted by atomic mass is 19.4. The third kappa shape index (κ3) is 3.59. The van der Waals surface area contributed by atoms with Crippen LogP contribution in [-0.4, -0.2) is 43.5 Å². The Morgan fingerprint density at radius 3 is 2.76 bits per heavy atom. The number of aryl methyl sites for hydroxylation is 1. The Balaban J connectivity index is 1.80. The van der Waals surface area contributed by atoms with Gasteiger partial charge in [0.15, 0.2) is 5.69 Å². The number of nitrogens with zero attached hydrogens (tertiary/aromatic N) is 4. The number of hydrogen-bond donors (Lipinski definition) is 1. The van der Waals surface area contributed by atoms with Crippen LogP contribution in [0.5, 0.6) is 5.75 Å². The van der Waals surface area contributed by atoms with Crippen molar-refractivity contribution in [2.45, 2.75) is 24.9 Å². The van der Waals surface area contributed by atoms with Crippen LogP contribution in [0, 0.1) is 0 Å². The molecule has 3 rings (SSSR count). The zero-order valence-corrected chi connectivity index (χ0v) is 13.5. The molecule has 25 heavy (non-hydrogen) atoms. The third-order valence-electron chi connectivity index (χ3n) is 4.25. The van der Waals surface area contributed by atoms with Crippen molar-refractivity contribution in [3.8, 4) is 5.75 Å². The molecule has 9 heteroatoms. The predicted molar refractivity (Wildman–Crippen MR) is 82.0 cm³/mol. The molecule has 2 aromatic heterocycles. The number of rotatable bonds is 2. The molecule has 0 bridgehead atoms. The van der Waals surface area contributed by atoms with Gasteiger partial charge in [0.25, 0.3) is 5.91 Å². The first-order valence-electron chi connectivity index (χ1n) is 7.79. The summed E-state index contributed by atoms with van der Waals surface area (Å²) < 4.78 is 39.9. The molecule has 0 spiro atoms. The fourth-order valence-electron chi connectivity index (χ4n) is 3.10. The van der Waals surface area contributed by atoms with Crippen molar-refractivity contribution < 1.29 is 23.1 Å². The van der Waals surface area contributed by atoms with Gasteiger partial charge in [-0.1, -0.05) is 0 Å². The summed E-state index contributed by atoms with van der Waals surface area (Å²) in [6.07, 6.45) is 0.375. The van der Waals surface area contributed by atoms with Crippen molar-refractivity contribution in [3.05, 3.63) is 41.7 Å². The summed E-state index contributed by atoms with van der Waals surface area (Å²) in [5.74, 6) is -0.375. The number of aromatic hydroxyl groups is 1. The Kier molecular flexibility index (Phi) is 4.40. The highest BCUT2D eigenvalue weighted by Gasteiger charge is 2.36. The zero-order chi connectivity index (χ0) is 18.2. The summed E-state index contributed by atoms with van der Waals surface area (Å²) in [5, 5.41) is 9.45. The molecule has 1 fully saturated rings. The molecule has 3 heterocycles. The minimum absolute atomic E-state index is 0.113. The van der Waals surface area contributed by atoms with Gasteiger partial charge in [0.05, 0.1) is 11.8 Å². The second-order valence-corrected chi connectivity index (χ2v) is 6.12. The first-order valence-corrected chi connectivity index (χ1v) is 7.79. The smallest absolute Gasteiger partial charge is 0.434 e. The van der Waals surface area contributed by atoms with Crippen LogP contribution in [0.4, 0.5) is 13.2 Å². The van der Waals surface area contributed by atoms with E-state index in [4.69, 9.17) is 0 Å². The van der Waals surface area contributed by atoms with Gasteiger partial charge in [0.2, 0.25) is 0 Å². The van der Waals surface area contributed by atoms with Gasteiger partial charge in [0, 0.05) is 38.4 Å². The number of piperidine rings is 1. The lowest BCUT2D eigenvalue weighted by Crippen LogP contribution is -2.39. The van der Waals surface area contributed by atoms with Crippen molar-refractivity contribution in [2.24, 2.45) is 7.05 Å². The van der Waals surface area contributed by atoms with Crippen LogP contribution >= 0.6 is 0 Å². The van der Waals surface area contributed by atoms with Gasteiger partial charge < -0.3 is 14.6 Å². The average molecular weight is 354 g/mol. The molecule has 2 aromatic rings. The molecule has 1 saturated heterocycles. The van der Waals surface area contributed by atoms with E-state index in [0.29, 0.717) is 25.2 Å². The minimum Gasteiger partial charge on any atom is -0.506 e. The Bertz CT molecular complexity index is 788. The Morgan fingerprint density at radius 2 is 2.12 bits per heavy atom. The maximum Gasteiger partial charge on any atom is 0.434 e. The topological polar surface area (TPSA) is 71.2 Å². The van der Waals surface area contributed by atoms with E-state index >= 15 is 0 Å². The lowest BCUT2D eigenvalue weighted by molar-refractivity contribution is -0.141. The van der Waals surface area contributed by atoms with Crippen molar-refractivity contribution in [2.75, 3.05) is 13.1 Å². The molecule has 0 aliphatic carbocycles. The summed E-state index contributed by atoms with van der Waals surface area (Å²) in [6, 6.07) is 1.32. The first kappa shape index (κ1) is 17.2. The molecule has 6 nitrogen and oxygen atoms in total. The number of carbonyl (C=O) groups excluding carboxylic acids is 1. The lowest BCUT2D eigenvalue weighted by Gasteiger charge is -2.32. The molecule has 1 aliphatic rings. The molecular formula is C16H17F3N4O2.